The van der Waals surface area contributed by atoms with Gasteiger partial charge in [0, 0.05) is 14.0 Å². The van der Waals surface area contributed by atoms with Crippen LogP contribution < -0.4 is 0 Å². The third kappa shape index (κ3) is 5.74. The zero-order valence-electron chi connectivity index (χ0n) is 20.8. The standard InChI is InChI=1S/C12H22O4.C12H24OS/c1-6-9-7(2)8(3)10-11(14-9)16-12(4,13-5)15-10;1-6-11-9(4)8(3)10(5)12(13-11)14-7-2/h7-11H,6H2,1-5H3;8-12H,6-7H2,1-5H3. The van der Waals surface area contributed by atoms with Crippen LogP contribution in [-0.2, 0) is 23.7 Å². The van der Waals surface area contributed by atoms with Gasteiger partial charge in [0.2, 0.25) is 0 Å². The van der Waals surface area contributed by atoms with Crippen LogP contribution in [0.4, 0.5) is 0 Å². The number of hydrogen-bond acceptors (Lipinski definition) is 6. The third-order valence-corrected chi connectivity index (χ3v) is 8.88. The summed E-state index contributed by atoms with van der Waals surface area (Å²) in [4.78, 5) is 0. The molecular formula is C24H46O5S. The maximum atomic E-state index is 6.13. The summed E-state index contributed by atoms with van der Waals surface area (Å²) in [5.74, 6) is 3.30. The van der Waals surface area contributed by atoms with Crippen molar-refractivity contribution in [2.45, 2.75) is 111 Å². The third-order valence-electron chi connectivity index (χ3n) is 7.68. The van der Waals surface area contributed by atoms with Gasteiger partial charge in [-0.15, -0.1) is 11.8 Å². The Bertz CT molecular complexity index is 516. The van der Waals surface area contributed by atoms with E-state index >= 15 is 0 Å². The zero-order valence-corrected chi connectivity index (χ0v) is 21.7. The molecule has 3 heterocycles. The first-order valence-corrected chi connectivity index (χ1v) is 13.0. The minimum atomic E-state index is -0.952. The normalized spacial score (nSPS) is 48.6. The van der Waals surface area contributed by atoms with Crippen LogP contribution in [0, 0.1) is 29.6 Å². The number of ether oxygens (including phenoxy) is 5. The highest BCUT2D eigenvalue weighted by atomic mass is 32.2. The summed E-state index contributed by atoms with van der Waals surface area (Å²) >= 11 is 1.96. The van der Waals surface area contributed by atoms with Crippen LogP contribution >= 0.6 is 11.8 Å². The molecule has 3 aliphatic rings. The van der Waals surface area contributed by atoms with E-state index in [-0.39, 0.29) is 18.5 Å². The molecular weight excluding hydrogens is 400 g/mol. The van der Waals surface area contributed by atoms with Crippen LogP contribution in [-0.4, -0.2) is 48.9 Å². The van der Waals surface area contributed by atoms with E-state index in [0.29, 0.717) is 35.2 Å². The monoisotopic (exact) mass is 446 g/mol. The Kier molecular flexibility index (Phi) is 9.97. The Morgan fingerprint density at radius 1 is 0.767 bits per heavy atom. The van der Waals surface area contributed by atoms with Gasteiger partial charge in [-0.05, 0) is 48.2 Å². The van der Waals surface area contributed by atoms with E-state index in [2.05, 4.69) is 55.4 Å². The second-order valence-corrected chi connectivity index (χ2v) is 10.8. The van der Waals surface area contributed by atoms with E-state index in [0.717, 1.165) is 24.5 Å². The lowest BCUT2D eigenvalue weighted by Gasteiger charge is -2.43. The molecule has 0 aliphatic carbocycles. The fourth-order valence-corrected chi connectivity index (χ4v) is 5.98. The number of rotatable bonds is 5. The molecule has 3 saturated heterocycles. The Morgan fingerprint density at radius 2 is 1.33 bits per heavy atom. The fraction of sp³-hybridized carbons (Fsp3) is 1.00. The van der Waals surface area contributed by atoms with E-state index in [1.165, 1.54) is 0 Å². The molecule has 3 rings (SSSR count). The van der Waals surface area contributed by atoms with Crippen LogP contribution in [0.3, 0.4) is 0 Å². The minimum absolute atomic E-state index is 0.0252. The van der Waals surface area contributed by atoms with E-state index in [1.807, 2.05) is 11.8 Å². The van der Waals surface area contributed by atoms with Crippen molar-refractivity contribution in [1.29, 1.82) is 0 Å². The van der Waals surface area contributed by atoms with Gasteiger partial charge >= 0.3 is 0 Å². The molecule has 3 fully saturated rings. The summed E-state index contributed by atoms with van der Waals surface area (Å²) in [5.41, 5.74) is 0.427. The highest BCUT2D eigenvalue weighted by Gasteiger charge is 2.53. The highest BCUT2D eigenvalue weighted by Crippen LogP contribution is 2.42. The largest absolute Gasteiger partial charge is 0.364 e. The molecule has 3 aliphatic heterocycles. The minimum Gasteiger partial charge on any atom is -0.364 e. The van der Waals surface area contributed by atoms with Gasteiger partial charge in [0.1, 0.15) is 11.5 Å². The summed E-state index contributed by atoms with van der Waals surface area (Å²) in [7, 11) is 1.59. The van der Waals surface area contributed by atoms with Gasteiger partial charge in [-0.25, -0.2) is 0 Å². The van der Waals surface area contributed by atoms with Crippen molar-refractivity contribution in [3.05, 3.63) is 0 Å². The Morgan fingerprint density at radius 3 is 1.87 bits per heavy atom. The predicted molar refractivity (Wildman–Crippen MR) is 123 cm³/mol. The van der Waals surface area contributed by atoms with Crippen LogP contribution in [0.25, 0.3) is 0 Å². The van der Waals surface area contributed by atoms with Gasteiger partial charge in [-0.1, -0.05) is 55.4 Å². The van der Waals surface area contributed by atoms with Gasteiger partial charge < -0.3 is 18.9 Å². The SMILES string of the molecule is CCC1OC2OC(C)(OC)OC2C(C)C1C.CCSC1OC(CC)C(C)C(C)C1C. The zero-order chi connectivity index (χ0) is 22.6. The lowest BCUT2D eigenvalue weighted by molar-refractivity contribution is -0.333. The Hall–Kier alpha value is 0.150. The molecule has 6 heteroatoms. The Labute approximate surface area is 189 Å². The molecule has 0 saturated carbocycles. The Balaban J connectivity index is 0.000000216. The van der Waals surface area contributed by atoms with E-state index < -0.39 is 5.97 Å². The fourth-order valence-electron chi connectivity index (χ4n) is 4.88. The highest BCUT2D eigenvalue weighted by molar-refractivity contribution is 7.99. The van der Waals surface area contributed by atoms with Gasteiger partial charge in [0.05, 0.1) is 12.2 Å². The number of thioether (sulfide) groups is 1. The van der Waals surface area contributed by atoms with Crippen molar-refractivity contribution in [3.63, 3.8) is 0 Å². The molecule has 0 aromatic rings. The van der Waals surface area contributed by atoms with Crippen molar-refractivity contribution in [3.8, 4) is 0 Å². The van der Waals surface area contributed by atoms with Gasteiger partial charge in [0.15, 0.2) is 6.29 Å². The molecule has 0 aromatic carbocycles. The van der Waals surface area contributed by atoms with Crippen molar-refractivity contribution < 1.29 is 23.7 Å². The van der Waals surface area contributed by atoms with Gasteiger partial charge in [0.25, 0.3) is 5.97 Å². The molecule has 178 valence electrons. The van der Waals surface area contributed by atoms with E-state index in [4.69, 9.17) is 23.7 Å². The van der Waals surface area contributed by atoms with Crippen molar-refractivity contribution >= 4 is 11.8 Å². The average Bonchev–Trinajstić information content (AvgIpc) is 3.09. The number of hydrogen-bond donors (Lipinski definition) is 0. The molecule has 0 aromatic heterocycles. The van der Waals surface area contributed by atoms with Gasteiger partial charge in [-0.2, -0.15) is 0 Å². The first-order chi connectivity index (χ1) is 14.1. The summed E-state index contributed by atoms with van der Waals surface area (Å²) in [6, 6.07) is 0. The quantitative estimate of drug-likeness (QED) is 0.523. The molecule has 11 unspecified atom stereocenters. The van der Waals surface area contributed by atoms with Crippen LogP contribution in [0.1, 0.15) is 75.2 Å². The molecule has 5 nitrogen and oxygen atoms in total. The maximum Gasteiger partial charge on any atom is 0.282 e. The van der Waals surface area contributed by atoms with Crippen LogP contribution in [0.15, 0.2) is 0 Å². The molecule has 30 heavy (non-hydrogen) atoms. The summed E-state index contributed by atoms with van der Waals surface area (Å²) in [6.07, 6.45) is 2.56. The molecule has 0 N–H and O–H groups in total. The maximum absolute atomic E-state index is 6.13. The molecule has 11 atom stereocenters. The van der Waals surface area contributed by atoms with Crippen molar-refractivity contribution in [2.75, 3.05) is 12.9 Å². The smallest absolute Gasteiger partial charge is 0.282 e. The first-order valence-electron chi connectivity index (χ1n) is 12.0. The number of fused-ring (bicyclic) bond motifs is 1. The molecule has 0 bridgehead atoms. The summed E-state index contributed by atoms with van der Waals surface area (Å²) in [6.45, 7) is 19.8. The second kappa shape index (κ2) is 11.3. The molecule has 0 spiro atoms. The van der Waals surface area contributed by atoms with E-state index in [1.54, 1.807) is 14.0 Å². The number of methoxy groups -OCH3 is 1. The van der Waals surface area contributed by atoms with E-state index in [9.17, 15) is 0 Å². The van der Waals surface area contributed by atoms with Gasteiger partial charge in [-0.3, -0.25) is 4.74 Å². The van der Waals surface area contributed by atoms with Crippen LogP contribution in [0.5, 0.6) is 0 Å². The molecule has 0 amide bonds. The topological polar surface area (TPSA) is 46.2 Å². The first kappa shape index (κ1) is 26.4. The lowest BCUT2D eigenvalue weighted by atomic mass is 9.79. The van der Waals surface area contributed by atoms with Crippen LogP contribution in [0.2, 0.25) is 0 Å². The summed E-state index contributed by atoms with van der Waals surface area (Å²) < 4.78 is 28.8. The lowest BCUT2D eigenvalue weighted by Crippen LogP contribution is -2.47. The van der Waals surface area contributed by atoms with Crippen molar-refractivity contribution in [2.24, 2.45) is 29.6 Å². The second-order valence-electron chi connectivity index (χ2n) is 9.42. The average molecular weight is 447 g/mol. The molecule has 0 radical (unpaired) electrons. The summed E-state index contributed by atoms with van der Waals surface area (Å²) in [5, 5.41) is 0. The van der Waals surface area contributed by atoms with Crippen molar-refractivity contribution in [1.82, 2.24) is 0 Å². The predicted octanol–water partition coefficient (Wildman–Crippen LogP) is 5.91.